The number of nitrogens with one attached hydrogen (secondary N) is 1. The van der Waals surface area contributed by atoms with E-state index in [1.165, 1.54) is 17.0 Å². The average molecular weight is 303 g/mol. The van der Waals surface area contributed by atoms with Crippen molar-refractivity contribution in [2.45, 2.75) is 19.9 Å². The van der Waals surface area contributed by atoms with Crippen LogP contribution in [0.2, 0.25) is 5.02 Å². The van der Waals surface area contributed by atoms with Crippen LogP contribution >= 0.6 is 11.6 Å². The molecular formula is C13H16ClFN2O3. The van der Waals surface area contributed by atoms with Crippen molar-refractivity contribution < 1.29 is 19.1 Å². The van der Waals surface area contributed by atoms with E-state index in [1.54, 1.807) is 13.8 Å². The summed E-state index contributed by atoms with van der Waals surface area (Å²) in [4.78, 5) is 24.0. The highest BCUT2D eigenvalue weighted by atomic mass is 35.5. The maximum Gasteiger partial charge on any atom is 0.317 e. The van der Waals surface area contributed by atoms with Crippen LogP contribution in [0.4, 0.5) is 10.1 Å². The minimum atomic E-state index is -1.00. The van der Waals surface area contributed by atoms with Crippen LogP contribution in [0.15, 0.2) is 18.2 Å². The first-order chi connectivity index (χ1) is 9.29. The number of carbonyl (C=O) groups is 2. The summed E-state index contributed by atoms with van der Waals surface area (Å²) in [6.07, 6.45) is 0. The number of rotatable bonds is 6. The second kappa shape index (κ2) is 7.21. The Morgan fingerprint density at radius 2 is 2.05 bits per heavy atom. The predicted octanol–water partition coefficient (Wildman–Crippen LogP) is 2.21. The first-order valence-electron chi connectivity index (χ1n) is 6.00. The number of halogens is 2. The molecule has 0 spiro atoms. The fourth-order valence-electron chi connectivity index (χ4n) is 1.55. The molecule has 0 saturated heterocycles. The van der Waals surface area contributed by atoms with Crippen LogP contribution in [0.5, 0.6) is 0 Å². The zero-order chi connectivity index (χ0) is 15.3. The van der Waals surface area contributed by atoms with Gasteiger partial charge in [0.2, 0.25) is 5.91 Å². The Bertz CT molecular complexity index is 508. The highest BCUT2D eigenvalue weighted by Crippen LogP contribution is 2.19. The van der Waals surface area contributed by atoms with E-state index in [1.807, 2.05) is 0 Å². The van der Waals surface area contributed by atoms with E-state index in [4.69, 9.17) is 16.7 Å². The summed E-state index contributed by atoms with van der Waals surface area (Å²) in [5.74, 6) is -1.96. The predicted molar refractivity (Wildman–Crippen MR) is 74.4 cm³/mol. The van der Waals surface area contributed by atoms with Crippen LogP contribution in [-0.2, 0) is 9.59 Å². The Balaban J connectivity index is 2.65. The van der Waals surface area contributed by atoms with Gasteiger partial charge in [-0.1, -0.05) is 11.6 Å². The van der Waals surface area contributed by atoms with Gasteiger partial charge >= 0.3 is 5.97 Å². The molecule has 20 heavy (non-hydrogen) atoms. The molecular weight excluding hydrogens is 287 g/mol. The first kappa shape index (κ1) is 16.4. The molecule has 7 heteroatoms. The minimum absolute atomic E-state index is 0.0705. The molecule has 0 atom stereocenters. The third kappa shape index (κ3) is 5.14. The third-order valence-electron chi connectivity index (χ3n) is 2.62. The second-order valence-corrected chi connectivity index (χ2v) is 4.98. The Morgan fingerprint density at radius 3 is 2.55 bits per heavy atom. The van der Waals surface area contributed by atoms with Gasteiger partial charge in [-0.15, -0.1) is 0 Å². The van der Waals surface area contributed by atoms with Gasteiger partial charge in [0.15, 0.2) is 0 Å². The third-order valence-corrected chi connectivity index (χ3v) is 2.91. The van der Waals surface area contributed by atoms with Gasteiger partial charge in [-0.3, -0.25) is 14.5 Å². The van der Waals surface area contributed by atoms with Crippen LogP contribution in [0.25, 0.3) is 0 Å². The number of anilines is 1. The van der Waals surface area contributed by atoms with Crippen molar-refractivity contribution in [3.8, 4) is 0 Å². The van der Waals surface area contributed by atoms with Crippen molar-refractivity contribution in [1.82, 2.24) is 4.90 Å². The molecule has 110 valence electrons. The van der Waals surface area contributed by atoms with Crippen molar-refractivity contribution >= 4 is 29.2 Å². The molecule has 0 saturated carbocycles. The Kier molecular flexibility index (Phi) is 5.91. The number of hydrogen-bond acceptors (Lipinski definition) is 3. The van der Waals surface area contributed by atoms with Crippen LogP contribution < -0.4 is 5.32 Å². The Hall–Kier alpha value is -1.66. The van der Waals surface area contributed by atoms with Crippen LogP contribution in [0.1, 0.15) is 13.8 Å². The summed E-state index contributed by atoms with van der Waals surface area (Å²) in [6.45, 7) is 3.30. The normalized spacial score (nSPS) is 10.9. The van der Waals surface area contributed by atoms with Gasteiger partial charge in [0.1, 0.15) is 5.82 Å². The van der Waals surface area contributed by atoms with Crippen molar-refractivity contribution in [2.24, 2.45) is 0 Å². The highest BCUT2D eigenvalue weighted by Gasteiger charge is 2.17. The number of benzene rings is 1. The molecule has 1 amide bonds. The smallest absolute Gasteiger partial charge is 0.317 e. The summed E-state index contributed by atoms with van der Waals surface area (Å²) < 4.78 is 13.0. The monoisotopic (exact) mass is 302 g/mol. The highest BCUT2D eigenvalue weighted by molar-refractivity contribution is 6.31. The summed E-state index contributed by atoms with van der Waals surface area (Å²) in [5.41, 5.74) is 0.362. The zero-order valence-electron chi connectivity index (χ0n) is 11.2. The van der Waals surface area contributed by atoms with Crippen molar-refractivity contribution in [3.05, 3.63) is 29.0 Å². The summed E-state index contributed by atoms with van der Waals surface area (Å²) >= 11 is 5.61. The minimum Gasteiger partial charge on any atom is -0.480 e. The van der Waals surface area contributed by atoms with Crippen molar-refractivity contribution in [3.63, 3.8) is 0 Å². The van der Waals surface area contributed by atoms with Gasteiger partial charge in [-0.2, -0.15) is 0 Å². The Morgan fingerprint density at radius 1 is 1.40 bits per heavy atom. The molecule has 0 aliphatic rings. The largest absolute Gasteiger partial charge is 0.480 e. The van der Waals surface area contributed by atoms with Gasteiger partial charge in [-0.05, 0) is 32.0 Å². The van der Waals surface area contributed by atoms with E-state index in [0.717, 1.165) is 6.07 Å². The number of nitrogens with zero attached hydrogens (tertiary/aromatic N) is 1. The lowest BCUT2D eigenvalue weighted by molar-refractivity contribution is -0.139. The number of aliphatic carboxylic acids is 1. The topological polar surface area (TPSA) is 69.6 Å². The standard InChI is InChI=1S/C13H16ClFN2O3/c1-8(2)17(7-13(19)20)6-12(18)16-9-3-4-11(15)10(14)5-9/h3-5,8H,6-7H2,1-2H3,(H,16,18)(H,19,20). The van der Waals surface area contributed by atoms with Gasteiger partial charge < -0.3 is 10.4 Å². The van der Waals surface area contributed by atoms with E-state index in [9.17, 15) is 14.0 Å². The molecule has 1 rings (SSSR count). The lowest BCUT2D eigenvalue weighted by Crippen LogP contribution is -2.41. The summed E-state index contributed by atoms with van der Waals surface area (Å²) in [6, 6.07) is 3.74. The maximum absolute atomic E-state index is 13.0. The molecule has 0 bridgehead atoms. The van der Waals surface area contributed by atoms with Gasteiger partial charge in [-0.25, -0.2) is 4.39 Å². The van der Waals surface area contributed by atoms with E-state index in [-0.39, 0.29) is 30.1 Å². The lowest BCUT2D eigenvalue weighted by atomic mass is 10.3. The number of amides is 1. The Labute approximate surface area is 121 Å². The van der Waals surface area contributed by atoms with E-state index >= 15 is 0 Å². The van der Waals surface area contributed by atoms with Crippen molar-refractivity contribution in [1.29, 1.82) is 0 Å². The molecule has 0 radical (unpaired) electrons. The van der Waals surface area contributed by atoms with Crippen LogP contribution in [-0.4, -0.2) is 41.0 Å². The molecule has 0 heterocycles. The van der Waals surface area contributed by atoms with E-state index in [0.29, 0.717) is 5.69 Å². The SMILES string of the molecule is CC(C)N(CC(=O)O)CC(=O)Nc1ccc(F)c(Cl)c1. The fourth-order valence-corrected chi connectivity index (χ4v) is 1.73. The molecule has 0 fully saturated rings. The molecule has 0 aromatic heterocycles. The lowest BCUT2D eigenvalue weighted by Gasteiger charge is -2.23. The molecule has 1 aromatic carbocycles. The fraction of sp³-hybridized carbons (Fsp3) is 0.385. The molecule has 1 aromatic rings. The number of carboxylic acid groups (broad SMARTS) is 1. The summed E-state index contributed by atoms with van der Waals surface area (Å²) in [7, 11) is 0. The van der Waals surface area contributed by atoms with Crippen LogP contribution in [0.3, 0.4) is 0 Å². The van der Waals surface area contributed by atoms with Gasteiger partial charge in [0.05, 0.1) is 18.1 Å². The second-order valence-electron chi connectivity index (χ2n) is 4.57. The zero-order valence-corrected chi connectivity index (χ0v) is 11.9. The van der Waals surface area contributed by atoms with Crippen molar-refractivity contribution in [2.75, 3.05) is 18.4 Å². The van der Waals surface area contributed by atoms with E-state index < -0.39 is 11.8 Å². The molecule has 0 unspecified atom stereocenters. The molecule has 5 nitrogen and oxygen atoms in total. The molecule has 0 aliphatic carbocycles. The maximum atomic E-state index is 13.0. The summed E-state index contributed by atoms with van der Waals surface area (Å²) in [5, 5.41) is 11.2. The van der Waals surface area contributed by atoms with Gasteiger partial charge in [0, 0.05) is 11.7 Å². The quantitative estimate of drug-likeness (QED) is 0.845. The molecule has 0 aliphatic heterocycles. The number of carboxylic acids is 1. The van der Waals surface area contributed by atoms with E-state index in [2.05, 4.69) is 5.32 Å². The first-order valence-corrected chi connectivity index (χ1v) is 6.38. The molecule has 2 N–H and O–H groups in total. The average Bonchev–Trinajstić information content (AvgIpc) is 2.32. The van der Waals surface area contributed by atoms with Crippen LogP contribution in [0, 0.1) is 5.82 Å². The number of carbonyl (C=O) groups excluding carboxylic acids is 1. The number of hydrogen-bond donors (Lipinski definition) is 2. The van der Waals surface area contributed by atoms with Gasteiger partial charge in [0.25, 0.3) is 0 Å².